The van der Waals surface area contributed by atoms with Crippen LogP contribution in [-0.4, -0.2) is 24.7 Å². The zero-order chi connectivity index (χ0) is 7.73. The van der Waals surface area contributed by atoms with E-state index in [2.05, 4.69) is 5.32 Å². The first-order valence-electron chi connectivity index (χ1n) is 4.20. The third-order valence-corrected chi connectivity index (χ3v) is 2.57. The molecule has 2 aliphatic rings. The van der Waals surface area contributed by atoms with E-state index in [1.54, 1.807) is 0 Å². The van der Waals surface area contributed by atoms with Gasteiger partial charge in [-0.05, 0) is 19.3 Å². The lowest BCUT2D eigenvalue weighted by Crippen LogP contribution is -2.51. The summed E-state index contributed by atoms with van der Waals surface area (Å²) in [6, 6.07) is 0. The Kier molecular flexibility index (Phi) is 1.60. The largest absolute Gasteiger partial charge is 0.379 e. The molecule has 1 amide bonds. The standard InChI is InChI=1S/C8H13NO2/c10-7-2-1-3-8(9-7)4-5-11-6-8/h1-6H2,(H,9,10). The Hall–Kier alpha value is -0.570. The third-order valence-electron chi connectivity index (χ3n) is 2.57. The van der Waals surface area contributed by atoms with Crippen LogP contribution in [-0.2, 0) is 9.53 Å². The molecule has 0 saturated carbocycles. The van der Waals surface area contributed by atoms with Crippen LogP contribution >= 0.6 is 0 Å². The number of ether oxygens (including phenoxy) is 1. The van der Waals surface area contributed by atoms with E-state index in [1.807, 2.05) is 0 Å². The van der Waals surface area contributed by atoms with Crippen molar-refractivity contribution in [2.45, 2.75) is 31.2 Å². The number of amides is 1. The molecule has 1 unspecified atom stereocenters. The summed E-state index contributed by atoms with van der Waals surface area (Å²) in [6.07, 6.45) is 3.81. The van der Waals surface area contributed by atoms with Crippen LogP contribution in [0.3, 0.4) is 0 Å². The van der Waals surface area contributed by atoms with Crippen LogP contribution in [0.15, 0.2) is 0 Å². The number of carbonyl (C=O) groups is 1. The van der Waals surface area contributed by atoms with Gasteiger partial charge in [-0.2, -0.15) is 0 Å². The van der Waals surface area contributed by atoms with Crippen molar-refractivity contribution >= 4 is 5.91 Å². The van der Waals surface area contributed by atoms with Crippen molar-refractivity contribution < 1.29 is 9.53 Å². The highest BCUT2D eigenvalue weighted by atomic mass is 16.5. The zero-order valence-electron chi connectivity index (χ0n) is 6.56. The third kappa shape index (κ3) is 1.25. The van der Waals surface area contributed by atoms with E-state index in [4.69, 9.17) is 4.74 Å². The van der Waals surface area contributed by atoms with Gasteiger partial charge in [0.25, 0.3) is 0 Å². The Labute approximate surface area is 66.1 Å². The molecule has 62 valence electrons. The molecule has 3 heteroatoms. The molecule has 1 spiro atoms. The molecule has 2 saturated heterocycles. The van der Waals surface area contributed by atoms with Gasteiger partial charge in [0, 0.05) is 13.0 Å². The number of nitrogens with one attached hydrogen (secondary N) is 1. The smallest absolute Gasteiger partial charge is 0.220 e. The number of hydrogen-bond acceptors (Lipinski definition) is 2. The van der Waals surface area contributed by atoms with E-state index >= 15 is 0 Å². The van der Waals surface area contributed by atoms with Gasteiger partial charge in [-0.15, -0.1) is 0 Å². The molecule has 3 nitrogen and oxygen atoms in total. The lowest BCUT2D eigenvalue weighted by Gasteiger charge is -2.32. The second-order valence-corrected chi connectivity index (χ2v) is 3.48. The number of piperidine rings is 1. The van der Waals surface area contributed by atoms with Crippen molar-refractivity contribution in [2.24, 2.45) is 0 Å². The van der Waals surface area contributed by atoms with Crippen LogP contribution < -0.4 is 5.32 Å². The lowest BCUT2D eigenvalue weighted by atomic mass is 9.88. The predicted octanol–water partition coefficient (Wildman–Crippen LogP) is 0.446. The van der Waals surface area contributed by atoms with Gasteiger partial charge in [0.05, 0.1) is 12.1 Å². The maximum absolute atomic E-state index is 11.1. The Morgan fingerprint density at radius 1 is 1.45 bits per heavy atom. The predicted molar refractivity (Wildman–Crippen MR) is 40.2 cm³/mol. The molecule has 0 bridgehead atoms. The maximum Gasteiger partial charge on any atom is 0.220 e. The molecule has 0 aromatic heterocycles. The molecule has 0 aromatic carbocycles. The van der Waals surface area contributed by atoms with Gasteiger partial charge in [-0.25, -0.2) is 0 Å². The molecule has 2 heterocycles. The van der Waals surface area contributed by atoms with E-state index in [9.17, 15) is 4.79 Å². The van der Waals surface area contributed by atoms with Gasteiger partial charge in [-0.1, -0.05) is 0 Å². The molecule has 2 aliphatic heterocycles. The van der Waals surface area contributed by atoms with E-state index in [-0.39, 0.29) is 11.4 Å². The Balaban J connectivity index is 2.05. The second kappa shape index (κ2) is 2.48. The van der Waals surface area contributed by atoms with Crippen molar-refractivity contribution in [3.8, 4) is 0 Å². The highest BCUT2D eigenvalue weighted by Gasteiger charge is 2.38. The lowest BCUT2D eigenvalue weighted by molar-refractivity contribution is -0.125. The SMILES string of the molecule is O=C1CCCC2(CCOC2)N1. The Morgan fingerprint density at radius 2 is 2.36 bits per heavy atom. The van der Waals surface area contributed by atoms with Crippen LogP contribution in [0.5, 0.6) is 0 Å². The van der Waals surface area contributed by atoms with E-state index in [0.717, 1.165) is 32.5 Å². The minimum atomic E-state index is 0.0231. The van der Waals surface area contributed by atoms with Crippen molar-refractivity contribution in [3.05, 3.63) is 0 Å². The summed E-state index contributed by atoms with van der Waals surface area (Å²) in [4.78, 5) is 11.1. The van der Waals surface area contributed by atoms with Crippen LogP contribution in [0.2, 0.25) is 0 Å². The molecule has 11 heavy (non-hydrogen) atoms. The van der Waals surface area contributed by atoms with E-state index in [1.165, 1.54) is 0 Å². The molecule has 2 rings (SSSR count). The van der Waals surface area contributed by atoms with Gasteiger partial charge in [-0.3, -0.25) is 4.79 Å². The molecular formula is C8H13NO2. The first-order chi connectivity index (χ1) is 5.31. The van der Waals surface area contributed by atoms with Crippen LogP contribution in [0.1, 0.15) is 25.7 Å². The monoisotopic (exact) mass is 155 g/mol. The molecule has 0 radical (unpaired) electrons. The Bertz CT molecular complexity index is 173. The first-order valence-corrected chi connectivity index (χ1v) is 4.20. The van der Waals surface area contributed by atoms with Crippen LogP contribution in [0, 0.1) is 0 Å². The average Bonchev–Trinajstić information content (AvgIpc) is 2.37. The van der Waals surface area contributed by atoms with Gasteiger partial charge in [0.2, 0.25) is 5.91 Å². The van der Waals surface area contributed by atoms with E-state index in [0.29, 0.717) is 6.42 Å². The molecule has 2 fully saturated rings. The van der Waals surface area contributed by atoms with Gasteiger partial charge in [0.1, 0.15) is 0 Å². The summed E-state index contributed by atoms with van der Waals surface area (Å²) >= 11 is 0. The summed E-state index contributed by atoms with van der Waals surface area (Å²) < 4.78 is 5.27. The maximum atomic E-state index is 11.1. The average molecular weight is 155 g/mol. The van der Waals surface area contributed by atoms with Gasteiger partial charge in [0.15, 0.2) is 0 Å². The van der Waals surface area contributed by atoms with Gasteiger partial charge >= 0.3 is 0 Å². The molecular weight excluding hydrogens is 142 g/mol. The summed E-state index contributed by atoms with van der Waals surface area (Å²) in [5.41, 5.74) is 0.0231. The fourth-order valence-electron chi connectivity index (χ4n) is 1.91. The topological polar surface area (TPSA) is 38.3 Å². The first kappa shape index (κ1) is 7.10. The summed E-state index contributed by atoms with van der Waals surface area (Å²) in [5.74, 6) is 0.196. The normalized spacial score (nSPS) is 37.6. The molecule has 1 atom stereocenters. The number of carbonyl (C=O) groups excluding carboxylic acids is 1. The van der Waals surface area contributed by atoms with Crippen LogP contribution in [0.4, 0.5) is 0 Å². The van der Waals surface area contributed by atoms with Crippen molar-refractivity contribution in [1.82, 2.24) is 5.32 Å². The highest BCUT2D eigenvalue weighted by Crippen LogP contribution is 2.27. The highest BCUT2D eigenvalue weighted by molar-refractivity contribution is 5.77. The molecule has 0 aromatic rings. The minimum Gasteiger partial charge on any atom is -0.379 e. The summed E-state index contributed by atoms with van der Waals surface area (Å²) in [5, 5.41) is 3.03. The second-order valence-electron chi connectivity index (χ2n) is 3.48. The summed E-state index contributed by atoms with van der Waals surface area (Å²) in [6.45, 7) is 1.53. The molecule has 1 N–H and O–H groups in total. The van der Waals surface area contributed by atoms with E-state index < -0.39 is 0 Å². The van der Waals surface area contributed by atoms with Crippen molar-refractivity contribution in [2.75, 3.05) is 13.2 Å². The van der Waals surface area contributed by atoms with Gasteiger partial charge < -0.3 is 10.1 Å². The quantitative estimate of drug-likeness (QED) is 0.551. The number of rotatable bonds is 0. The summed E-state index contributed by atoms with van der Waals surface area (Å²) in [7, 11) is 0. The fourth-order valence-corrected chi connectivity index (χ4v) is 1.91. The van der Waals surface area contributed by atoms with Crippen LogP contribution in [0.25, 0.3) is 0 Å². The molecule has 0 aliphatic carbocycles. The minimum absolute atomic E-state index is 0.0231. The van der Waals surface area contributed by atoms with Crippen molar-refractivity contribution in [3.63, 3.8) is 0 Å². The Morgan fingerprint density at radius 3 is 3.00 bits per heavy atom. The van der Waals surface area contributed by atoms with Crippen molar-refractivity contribution in [1.29, 1.82) is 0 Å². The number of hydrogen-bond donors (Lipinski definition) is 1. The fraction of sp³-hybridized carbons (Fsp3) is 0.875. The zero-order valence-corrected chi connectivity index (χ0v) is 6.56.